The van der Waals surface area contributed by atoms with Crippen LogP contribution in [-0.4, -0.2) is 49.4 Å². The van der Waals surface area contributed by atoms with Crippen molar-refractivity contribution in [1.82, 2.24) is 15.5 Å². The van der Waals surface area contributed by atoms with Gasteiger partial charge in [-0.2, -0.15) is 0 Å². The number of likely N-dealkylation sites (N-methyl/N-ethyl adjacent to an activating group) is 1. The first-order valence-corrected chi connectivity index (χ1v) is 5.30. The molecule has 0 aromatic rings. The van der Waals surface area contributed by atoms with Crippen LogP contribution in [0.3, 0.4) is 0 Å². The van der Waals surface area contributed by atoms with Crippen LogP contribution < -0.4 is 10.6 Å². The number of ketones is 1. The maximum atomic E-state index is 11.3. The highest BCUT2D eigenvalue weighted by atomic mass is 16.2. The zero-order valence-electron chi connectivity index (χ0n) is 9.38. The summed E-state index contributed by atoms with van der Waals surface area (Å²) < 4.78 is 0. The highest BCUT2D eigenvalue weighted by Crippen LogP contribution is 2.07. The Morgan fingerprint density at radius 2 is 2.20 bits per heavy atom. The zero-order valence-corrected chi connectivity index (χ0v) is 9.38. The van der Waals surface area contributed by atoms with Crippen molar-refractivity contribution in [3.8, 4) is 0 Å². The zero-order chi connectivity index (χ0) is 11.3. The molecule has 1 fully saturated rings. The van der Waals surface area contributed by atoms with Crippen LogP contribution in [0.15, 0.2) is 0 Å². The number of amides is 2. The first-order chi connectivity index (χ1) is 7.08. The van der Waals surface area contributed by atoms with E-state index in [9.17, 15) is 9.59 Å². The summed E-state index contributed by atoms with van der Waals surface area (Å²) in [7, 11) is 2.04. The molecule has 5 nitrogen and oxygen atoms in total. The lowest BCUT2D eigenvalue weighted by molar-refractivity contribution is -0.116. The van der Waals surface area contributed by atoms with Crippen molar-refractivity contribution in [3.05, 3.63) is 0 Å². The molecule has 0 aromatic carbocycles. The van der Waals surface area contributed by atoms with Crippen LogP contribution in [0.25, 0.3) is 0 Å². The number of hydrogen-bond acceptors (Lipinski definition) is 3. The molecule has 15 heavy (non-hydrogen) atoms. The van der Waals surface area contributed by atoms with Gasteiger partial charge in [-0.3, -0.25) is 4.79 Å². The fraction of sp³-hybridized carbons (Fsp3) is 0.800. The van der Waals surface area contributed by atoms with Gasteiger partial charge in [-0.05, 0) is 33.4 Å². The summed E-state index contributed by atoms with van der Waals surface area (Å²) in [6.45, 7) is 3.53. The predicted octanol–water partition coefficient (Wildman–Crippen LogP) is -0.0312. The molecule has 1 atom stereocenters. The number of rotatable bonds is 3. The number of piperidine rings is 1. The smallest absolute Gasteiger partial charge is 0.315 e. The molecule has 0 aromatic heterocycles. The van der Waals surface area contributed by atoms with E-state index in [0.29, 0.717) is 0 Å². The number of urea groups is 1. The largest absolute Gasteiger partial charge is 0.334 e. The predicted molar refractivity (Wildman–Crippen MR) is 57.7 cm³/mol. The van der Waals surface area contributed by atoms with Gasteiger partial charge in [0, 0.05) is 12.6 Å². The SMILES string of the molecule is CC(=O)CNC(=O)NC1CCCN(C)C1. The van der Waals surface area contributed by atoms with Crippen molar-refractivity contribution in [2.45, 2.75) is 25.8 Å². The third-order valence-corrected chi connectivity index (χ3v) is 2.46. The van der Waals surface area contributed by atoms with Gasteiger partial charge in [-0.15, -0.1) is 0 Å². The van der Waals surface area contributed by atoms with Gasteiger partial charge in [0.25, 0.3) is 0 Å². The van der Waals surface area contributed by atoms with E-state index in [1.807, 2.05) is 7.05 Å². The lowest BCUT2D eigenvalue weighted by Gasteiger charge is -2.30. The Morgan fingerprint density at radius 3 is 2.80 bits per heavy atom. The second-order valence-electron chi connectivity index (χ2n) is 4.13. The second-order valence-corrected chi connectivity index (χ2v) is 4.13. The second kappa shape index (κ2) is 5.70. The van der Waals surface area contributed by atoms with Gasteiger partial charge in [0.15, 0.2) is 0 Å². The van der Waals surface area contributed by atoms with E-state index in [-0.39, 0.29) is 24.4 Å². The normalized spacial score (nSPS) is 22.1. The molecule has 5 heteroatoms. The van der Waals surface area contributed by atoms with Gasteiger partial charge in [0.1, 0.15) is 5.78 Å². The molecule has 1 saturated heterocycles. The summed E-state index contributed by atoms with van der Waals surface area (Å²) in [5, 5.41) is 5.39. The van der Waals surface area contributed by atoms with Gasteiger partial charge in [-0.1, -0.05) is 0 Å². The summed E-state index contributed by atoms with van der Waals surface area (Å²) in [5.74, 6) is -0.0362. The molecular weight excluding hydrogens is 194 g/mol. The topological polar surface area (TPSA) is 61.4 Å². The molecule has 86 valence electrons. The lowest BCUT2D eigenvalue weighted by atomic mass is 10.1. The highest BCUT2D eigenvalue weighted by molar-refractivity contribution is 5.83. The van der Waals surface area contributed by atoms with Gasteiger partial charge >= 0.3 is 6.03 Å². The van der Waals surface area contributed by atoms with Crippen molar-refractivity contribution in [3.63, 3.8) is 0 Å². The third kappa shape index (κ3) is 4.78. The quantitative estimate of drug-likeness (QED) is 0.692. The van der Waals surface area contributed by atoms with Crippen molar-refractivity contribution in [2.75, 3.05) is 26.7 Å². The van der Waals surface area contributed by atoms with Gasteiger partial charge in [-0.25, -0.2) is 4.79 Å². The minimum absolute atomic E-state index is 0.0362. The van der Waals surface area contributed by atoms with E-state index >= 15 is 0 Å². The van der Waals surface area contributed by atoms with Crippen molar-refractivity contribution in [1.29, 1.82) is 0 Å². The van der Waals surface area contributed by atoms with E-state index < -0.39 is 0 Å². The van der Waals surface area contributed by atoms with Crippen LogP contribution in [0.2, 0.25) is 0 Å². The van der Waals surface area contributed by atoms with E-state index in [2.05, 4.69) is 15.5 Å². The minimum Gasteiger partial charge on any atom is -0.334 e. The van der Waals surface area contributed by atoms with Gasteiger partial charge in [0.05, 0.1) is 6.54 Å². The van der Waals surface area contributed by atoms with E-state index in [1.165, 1.54) is 6.92 Å². The number of Topliss-reactive ketones (excluding diaryl/α,β-unsaturated/α-hetero) is 1. The molecule has 1 aliphatic rings. The van der Waals surface area contributed by atoms with Crippen LogP contribution in [-0.2, 0) is 4.79 Å². The molecule has 2 N–H and O–H groups in total. The first-order valence-electron chi connectivity index (χ1n) is 5.30. The van der Waals surface area contributed by atoms with Crippen LogP contribution in [0.4, 0.5) is 4.79 Å². The molecular formula is C10H19N3O2. The molecule has 1 rings (SSSR count). The molecule has 2 amide bonds. The standard InChI is InChI=1S/C10H19N3O2/c1-8(14)6-11-10(15)12-9-4-3-5-13(2)7-9/h9H,3-7H2,1-2H3,(H2,11,12,15). The maximum absolute atomic E-state index is 11.3. The number of carbonyl (C=O) groups excluding carboxylic acids is 2. The first kappa shape index (κ1) is 12.0. The van der Waals surface area contributed by atoms with Gasteiger partial charge in [0.2, 0.25) is 0 Å². The Hall–Kier alpha value is -1.10. The maximum Gasteiger partial charge on any atom is 0.315 e. The molecule has 0 bridgehead atoms. The summed E-state index contributed by atoms with van der Waals surface area (Å²) >= 11 is 0. The number of nitrogens with zero attached hydrogens (tertiary/aromatic N) is 1. The molecule has 1 aliphatic heterocycles. The van der Waals surface area contributed by atoms with Gasteiger partial charge < -0.3 is 15.5 Å². The van der Waals surface area contributed by atoms with E-state index in [4.69, 9.17) is 0 Å². The Morgan fingerprint density at radius 1 is 1.47 bits per heavy atom. The number of hydrogen-bond donors (Lipinski definition) is 2. The van der Waals surface area contributed by atoms with Crippen LogP contribution in [0.1, 0.15) is 19.8 Å². The Balaban J connectivity index is 2.22. The Labute approximate surface area is 90.2 Å². The highest BCUT2D eigenvalue weighted by Gasteiger charge is 2.18. The monoisotopic (exact) mass is 213 g/mol. The average molecular weight is 213 g/mol. The molecule has 1 heterocycles. The van der Waals surface area contributed by atoms with Crippen molar-refractivity contribution >= 4 is 11.8 Å². The van der Waals surface area contributed by atoms with E-state index in [1.54, 1.807) is 0 Å². The number of likely N-dealkylation sites (tertiary alicyclic amines) is 1. The van der Waals surface area contributed by atoms with Crippen molar-refractivity contribution < 1.29 is 9.59 Å². The minimum atomic E-state index is -0.245. The summed E-state index contributed by atoms with van der Waals surface area (Å²) in [6.07, 6.45) is 2.12. The molecule has 1 unspecified atom stereocenters. The average Bonchev–Trinajstić information content (AvgIpc) is 2.15. The number of carbonyl (C=O) groups is 2. The number of nitrogens with one attached hydrogen (secondary N) is 2. The van der Waals surface area contributed by atoms with Crippen molar-refractivity contribution in [2.24, 2.45) is 0 Å². The van der Waals surface area contributed by atoms with Crippen LogP contribution in [0.5, 0.6) is 0 Å². The molecule has 0 radical (unpaired) electrons. The Kier molecular flexibility index (Phi) is 4.55. The summed E-state index contributed by atoms with van der Waals surface area (Å²) in [4.78, 5) is 24.2. The van der Waals surface area contributed by atoms with E-state index in [0.717, 1.165) is 25.9 Å². The summed E-state index contributed by atoms with van der Waals surface area (Å²) in [5.41, 5.74) is 0. The Bertz CT molecular complexity index is 243. The van der Waals surface area contributed by atoms with Crippen LogP contribution in [0, 0.1) is 0 Å². The molecule has 0 aliphatic carbocycles. The molecule has 0 saturated carbocycles. The lowest BCUT2D eigenvalue weighted by Crippen LogP contribution is -2.50. The van der Waals surface area contributed by atoms with Crippen LogP contribution >= 0.6 is 0 Å². The fourth-order valence-corrected chi connectivity index (χ4v) is 1.73. The molecule has 0 spiro atoms. The fourth-order valence-electron chi connectivity index (χ4n) is 1.73. The summed E-state index contributed by atoms with van der Waals surface area (Å²) in [6, 6.07) is -0.0405. The third-order valence-electron chi connectivity index (χ3n) is 2.46.